The summed E-state index contributed by atoms with van der Waals surface area (Å²) in [5.41, 5.74) is -0.359. The molecule has 0 fully saturated rings. The second kappa shape index (κ2) is 3.47. The van der Waals surface area contributed by atoms with Gasteiger partial charge in [0, 0.05) is 25.0 Å². The van der Waals surface area contributed by atoms with Gasteiger partial charge in [-0.3, -0.25) is 9.78 Å². The van der Waals surface area contributed by atoms with E-state index < -0.39 is 11.8 Å². The van der Waals surface area contributed by atoms with Crippen molar-refractivity contribution in [2.75, 3.05) is 7.05 Å². The lowest BCUT2D eigenvalue weighted by Crippen LogP contribution is -2.35. The molecule has 0 spiro atoms. The molecule has 0 atom stereocenters. The van der Waals surface area contributed by atoms with Gasteiger partial charge in [0.15, 0.2) is 0 Å². The van der Waals surface area contributed by atoms with Crippen LogP contribution in [0.5, 0.6) is 0 Å². The van der Waals surface area contributed by atoms with Crippen molar-refractivity contribution in [3.05, 3.63) is 30.1 Å². The fourth-order valence-electron chi connectivity index (χ4n) is 0.849. The number of nitrogens with zero attached hydrogens (tertiary/aromatic N) is 1. The fourth-order valence-corrected chi connectivity index (χ4v) is 0.849. The van der Waals surface area contributed by atoms with E-state index in [9.17, 15) is 13.6 Å². The van der Waals surface area contributed by atoms with Crippen LogP contribution in [0.4, 0.5) is 8.78 Å². The number of nitrogens with one attached hydrogen (secondary N) is 1. The molecule has 0 aliphatic heterocycles. The minimum absolute atomic E-state index is 0.359. The zero-order valence-corrected chi connectivity index (χ0v) is 6.92. The Morgan fingerprint density at radius 1 is 1.46 bits per heavy atom. The highest BCUT2D eigenvalue weighted by Gasteiger charge is 2.39. The Labute approximate surface area is 73.8 Å². The molecule has 1 aromatic heterocycles. The number of hydrogen-bond acceptors (Lipinski definition) is 2. The van der Waals surface area contributed by atoms with Crippen LogP contribution in [0.25, 0.3) is 0 Å². The molecule has 3 nitrogen and oxygen atoms in total. The molecular weight excluding hydrogens is 178 g/mol. The largest absolute Gasteiger partial charge is 0.354 e. The molecule has 0 aliphatic rings. The van der Waals surface area contributed by atoms with Crippen LogP contribution >= 0.6 is 0 Å². The minimum atomic E-state index is -3.49. The third-order valence-electron chi connectivity index (χ3n) is 1.56. The van der Waals surface area contributed by atoms with Gasteiger partial charge in [-0.15, -0.1) is 0 Å². The number of rotatable bonds is 2. The summed E-state index contributed by atoms with van der Waals surface area (Å²) >= 11 is 0. The Morgan fingerprint density at radius 3 is 2.46 bits per heavy atom. The number of amides is 1. The Kier molecular flexibility index (Phi) is 2.55. The first-order valence-corrected chi connectivity index (χ1v) is 3.59. The van der Waals surface area contributed by atoms with Crippen LogP contribution in [0.3, 0.4) is 0 Å². The highest BCUT2D eigenvalue weighted by atomic mass is 19.3. The summed E-state index contributed by atoms with van der Waals surface area (Å²) in [6, 6.07) is 2.21. The molecule has 5 heteroatoms. The minimum Gasteiger partial charge on any atom is -0.354 e. The summed E-state index contributed by atoms with van der Waals surface area (Å²) in [5.74, 6) is -4.81. The predicted molar refractivity (Wildman–Crippen MR) is 42.2 cm³/mol. The van der Waals surface area contributed by atoms with Gasteiger partial charge in [-0.05, 0) is 12.1 Å². The third-order valence-corrected chi connectivity index (χ3v) is 1.56. The molecule has 1 aromatic rings. The van der Waals surface area contributed by atoms with Gasteiger partial charge >= 0.3 is 5.92 Å². The van der Waals surface area contributed by atoms with E-state index in [2.05, 4.69) is 4.98 Å². The van der Waals surface area contributed by atoms with Gasteiger partial charge in [-0.2, -0.15) is 8.78 Å². The average Bonchev–Trinajstić information content (AvgIpc) is 2.18. The van der Waals surface area contributed by atoms with E-state index in [0.29, 0.717) is 0 Å². The molecule has 0 aromatic carbocycles. The van der Waals surface area contributed by atoms with Gasteiger partial charge in [0.25, 0.3) is 5.91 Å². The zero-order valence-electron chi connectivity index (χ0n) is 6.92. The molecular formula is C8H8F2N2O. The first-order chi connectivity index (χ1) is 6.09. The van der Waals surface area contributed by atoms with Gasteiger partial charge in [0.2, 0.25) is 0 Å². The lowest BCUT2D eigenvalue weighted by atomic mass is 10.1. The number of hydrogen-bond donors (Lipinski definition) is 1. The SMILES string of the molecule is CNC(=O)C(F)(F)c1ccncc1. The van der Waals surface area contributed by atoms with E-state index in [0.717, 1.165) is 19.2 Å². The first kappa shape index (κ1) is 9.57. The smallest absolute Gasteiger partial charge is 0.349 e. The van der Waals surface area contributed by atoms with E-state index >= 15 is 0 Å². The molecule has 0 saturated heterocycles. The number of carbonyl (C=O) groups excluding carboxylic acids is 1. The van der Waals surface area contributed by atoms with Crippen molar-refractivity contribution < 1.29 is 13.6 Å². The topological polar surface area (TPSA) is 42.0 Å². The molecule has 1 amide bonds. The Bertz CT molecular complexity index is 300. The molecule has 0 unspecified atom stereocenters. The van der Waals surface area contributed by atoms with Gasteiger partial charge in [-0.1, -0.05) is 0 Å². The number of pyridine rings is 1. The van der Waals surface area contributed by atoms with Crippen LogP contribution in [0.1, 0.15) is 5.56 Å². The summed E-state index contributed by atoms with van der Waals surface area (Å²) in [4.78, 5) is 14.3. The molecule has 0 aliphatic carbocycles. The van der Waals surface area contributed by atoms with Crippen LogP contribution in [0.15, 0.2) is 24.5 Å². The van der Waals surface area contributed by atoms with Crippen LogP contribution in [-0.4, -0.2) is 17.9 Å². The Hall–Kier alpha value is -1.52. The first-order valence-electron chi connectivity index (χ1n) is 3.59. The molecule has 0 bridgehead atoms. The van der Waals surface area contributed by atoms with Crippen LogP contribution < -0.4 is 5.32 Å². The summed E-state index contributed by atoms with van der Waals surface area (Å²) in [7, 11) is 1.16. The maximum atomic E-state index is 13.1. The summed E-state index contributed by atoms with van der Waals surface area (Å²) in [6.07, 6.45) is 2.43. The normalized spacial score (nSPS) is 11.0. The molecule has 0 saturated carbocycles. The van der Waals surface area contributed by atoms with E-state index in [1.807, 2.05) is 5.32 Å². The number of halogens is 2. The Morgan fingerprint density at radius 2 is 2.00 bits per heavy atom. The van der Waals surface area contributed by atoms with Crippen molar-refractivity contribution in [1.82, 2.24) is 10.3 Å². The summed E-state index contributed by atoms with van der Waals surface area (Å²) < 4.78 is 26.2. The number of alkyl halides is 2. The highest BCUT2D eigenvalue weighted by molar-refractivity contribution is 5.84. The average molecular weight is 186 g/mol. The molecule has 0 radical (unpaired) electrons. The monoisotopic (exact) mass is 186 g/mol. The lowest BCUT2D eigenvalue weighted by molar-refractivity contribution is -0.146. The molecule has 1 rings (SSSR count). The number of carbonyl (C=O) groups is 1. The molecule has 1 heterocycles. The molecule has 1 N–H and O–H groups in total. The van der Waals surface area contributed by atoms with Gasteiger partial charge < -0.3 is 5.32 Å². The van der Waals surface area contributed by atoms with Gasteiger partial charge in [0.05, 0.1) is 0 Å². The van der Waals surface area contributed by atoms with E-state index in [4.69, 9.17) is 0 Å². The van der Waals surface area contributed by atoms with Crippen molar-refractivity contribution in [2.24, 2.45) is 0 Å². The van der Waals surface area contributed by atoms with E-state index in [1.54, 1.807) is 0 Å². The van der Waals surface area contributed by atoms with Crippen molar-refractivity contribution in [3.8, 4) is 0 Å². The Balaban J connectivity index is 3.00. The van der Waals surface area contributed by atoms with Crippen molar-refractivity contribution in [1.29, 1.82) is 0 Å². The maximum Gasteiger partial charge on any atom is 0.349 e. The predicted octanol–water partition coefficient (Wildman–Crippen LogP) is 0.919. The van der Waals surface area contributed by atoms with Gasteiger partial charge in [0.1, 0.15) is 0 Å². The zero-order chi connectivity index (χ0) is 9.90. The second-order valence-corrected chi connectivity index (χ2v) is 2.39. The van der Waals surface area contributed by atoms with Crippen molar-refractivity contribution >= 4 is 5.91 Å². The van der Waals surface area contributed by atoms with Crippen molar-refractivity contribution in [3.63, 3.8) is 0 Å². The van der Waals surface area contributed by atoms with E-state index in [1.165, 1.54) is 12.4 Å². The lowest BCUT2D eigenvalue weighted by Gasteiger charge is -2.13. The summed E-state index contributed by atoms with van der Waals surface area (Å²) in [5, 5.41) is 1.89. The standard InChI is InChI=1S/C8H8F2N2O/c1-11-7(13)8(9,10)6-2-4-12-5-3-6/h2-5H,1H3,(H,11,13). The number of aromatic nitrogens is 1. The van der Waals surface area contributed by atoms with Crippen LogP contribution in [-0.2, 0) is 10.7 Å². The highest BCUT2D eigenvalue weighted by Crippen LogP contribution is 2.26. The molecule has 13 heavy (non-hydrogen) atoms. The quantitative estimate of drug-likeness (QED) is 0.746. The third kappa shape index (κ3) is 1.80. The van der Waals surface area contributed by atoms with Crippen LogP contribution in [0, 0.1) is 0 Å². The summed E-state index contributed by atoms with van der Waals surface area (Å²) in [6.45, 7) is 0. The van der Waals surface area contributed by atoms with Crippen LogP contribution in [0.2, 0.25) is 0 Å². The molecule has 70 valence electrons. The fraction of sp³-hybridized carbons (Fsp3) is 0.250. The van der Waals surface area contributed by atoms with E-state index in [-0.39, 0.29) is 5.56 Å². The second-order valence-electron chi connectivity index (χ2n) is 2.39. The van der Waals surface area contributed by atoms with Crippen molar-refractivity contribution in [2.45, 2.75) is 5.92 Å². The number of likely N-dealkylation sites (N-methyl/N-ethyl adjacent to an activating group) is 1. The van der Waals surface area contributed by atoms with Gasteiger partial charge in [-0.25, -0.2) is 0 Å². The maximum absolute atomic E-state index is 13.1.